The highest BCUT2D eigenvalue weighted by Crippen LogP contribution is 2.29. The van der Waals surface area contributed by atoms with E-state index in [1.807, 2.05) is 13.8 Å². The molecule has 1 aromatic heterocycles. The molecule has 1 aliphatic rings. The normalized spacial score (nSPS) is 18.8. The zero-order valence-corrected chi connectivity index (χ0v) is 7.52. The maximum absolute atomic E-state index is 5.47. The van der Waals surface area contributed by atoms with E-state index in [1.165, 1.54) is 0 Å². The molecule has 1 aromatic rings. The van der Waals surface area contributed by atoms with Crippen LogP contribution in [0.25, 0.3) is 5.76 Å². The highest BCUT2D eigenvalue weighted by atomic mass is 16.7. The zero-order chi connectivity index (χ0) is 9.31. The monoisotopic (exact) mass is 178 g/mol. The molecule has 0 saturated carbocycles. The molecule has 0 spiro atoms. The van der Waals surface area contributed by atoms with E-state index in [0.717, 1.165) is 0 Å². The molecule has 68 valence electrons. The highest BCUT2D eigenvalue weighted by Gasteiger charge is 2.28. The first-order valence-corrected chi connectivity index (χ1v) is 4.01. The molecule has 4 nitrogen and oxygen atoms in total. The van der Waals surface area contributed by atoms with Crippen molar-refractivity contribution < 1.29 is 9.47 Å². The molecule has 0 aromatic carbocycles. The van der Waals surface area contributed by atoms with E-state index in [0.29, 0.717) is 11.5 Å². The summed E-state index contributed by atoms with van der Waals surface area (Å²) in [7, 11) is 0. The molecule has 1 aliphatic heterocycles. The topological polar surface area (TPSA) is 44.2 Å². The average molecular weight is 178 g/mol. The first kappa shape index (κ1) is 8.04. The Morgan fingerprint density at radius 2 is 2.15 bits per heavy atom. The van der Waals surface area contributed by atoms with E-state index in [1.54, 1.807) is 24.9 Å². The third-order valence-electron chi connectivity index (χ3n) is 1.62. The van der Waals surface area contributed by atoms with Crippen LogP contribution >= 0.6 is 0 Å². The van der Waals surface area contributed by atoms with Crippen LogP contribution in [-0.2, 0) is 9.47 Å². The molecule has 4 heteroatoms. The van der Waals surface area contributed by atoms with E-state index in [-0.39, 0.29) is 0 Å². The summed E-state index contributed by atoms with van der Waals surface area (Å²) in [6.07, 6.45) is 6.43. The minimum Gasteiger partial charge on any atom is -0.457 e. The predicted octanol–water partition coefficient (Wildman–Crippen LogP) is 1.56. The number of hydrogen-bond acceptors (Lipinski definition) is 4. The van der Waals surface area contributed by atoms with Crippen molar-refractivity contribution in [1.29, 1.82) is 0 Å². The van der Waals surface area contributed by atoms with Crippen molar-refractivity contribution in [1.82, 2.24) is 9.97 Å². The maximum Gasteiger partial charge on any atom is 0.245 e. The van der Waals surface area contributed by atoms with Crippen LogP contribution in [0.1, 0.15) is 19.5 Å². The van der Waals surface area contributed by atoms with Gasteiger partial charge in [-0.1, -0.05) is 0 Å². The van der Waals surface area contributed by atoms with Crippen LogP contribution in [0.4, 0.5) is 0 Å². The van der Waals surface area contributed by atoms with Crippen LogP contribution < -0.4 is 0 Å². The fourth-order valence-corrected chi connectivity index (χ4v) is 1.05. The van der Waals surface area contributed by atoms with Crippen LogP contribution in [0, 0.1) is 0 Å². The van der Waals surface area contributed by atoms with Gasteiger partial charge in [-0.3, -0.25) is 4.98 Å². The van der Waals surface area contributed by atoms with Crippen LogP contribution in [0.15, 0.2) is 24.9 Å². The first-order chi connectivity index (χ1) is 6.17. The fraction of sp³-hybridized carbons (Fsp3) is 0.333. The Morgan fingerprint density at radius 3 is 2.69 bits per heavy atom. The highest BCUT2D eigenvalue weighted by molar-refractivity contribution is 5.55. The number of rotatable bonds is 1. The number of aromatic nitrogens is 2. The van der Waals surface area contributed by atoms with Crippen molar-refractivity contribution in [3.8, 4) is 0 Å². The van der Waals surface area contributed by atoms with Crippen molar-refractivity contribution in [2.45, 2.75) is 19.6 Å². The van der Waals surface area contributed by atoms with Gasteiger partial charge < -0.3 is 9.47 Å². The molecule has 0 unspecified atom stereocenters. The van der Waals surface area contributed by atoms with Gasteiger partial charge in [-0.05, 0) is 0 Å². The quantitative estimate of drug-likeness (QED) is 0.654. The van der Waals surface area contributed by atoms with E-state index < -0.39 is 5.79 Å². The van der Waals surface area contributed by atoms with E-state index >= 15 is 0 Å². The van der Waals surface area contributed by atoms with Crippen LogP contribution in [0.5, 0.6) is 0 Å². The molecule has 0 aliphatic carbocycles. The lowest BCUT2D eigenvalue weighted by Gasteiger charge is -2.17. The lowest BCUT2D eigenvalue weighted by Crippen LogP contribution is -2.20. The maximum atomic E-state index is 5.47. The molecule has 0 amide bonds. The molecule has 0 fully saturated rings. The Hall–Kier alpha value is -1.58. The molecule has 2 rings (SSSR count). The third kappa shape index (κ3) is 1.61. The van der Waals surface area contributed by atoms with Crippen molar-refractivity contribution in [3.05, 3.63) is 30.5 Å². The molecule has 13 heavy (non-hydrogen) atoms. The first-order valence-electron chi connectivity index (χ1n) is 4.01. The summed E-state index contributed by atoms with van der Waals surface area (Å²) in [6, 6.07) is 0. The molecular weight excluding hydrogens is 168 g/mol. The Labute approximate surface area is 76.2 Å². The number of ether oxygens (including phenoxy) is 2. The SMILES string of the molecule is CC1(C)OC=C(c2cnccn2)O1. The molecule has 0 N–H and O–H groups in total. The van der Waals surface area contributed by atoms with Crippen LogP contribution in [-0.4, -0.2) is 15.8 Å². The van der Waals surface area contributed by atoms with Gasteiger partial charge in [-0.2, -0.15) is 0 Å². The van der Waals surface area contributed by atoms with E-state index in [9.17, 15) is 0 Å². The van der Waals surface area contributed by atoms with E-state index in [2.05, 4.69) is 9.97 Å². The number of hydrogen-bond donors (Lipinski definition) is 0. The summed E-state index contributed by atoms with van der Waals surface area (Å²) in [5, 5.41) is 0. The Morgan fingerprint density at radius 1 is 1.31 bits per heavy atom. The summed E-state index contributed by atoms with van der Waals surface area (Å²) in [5.74, 6) is 0.0328. The van der Waals surface area contributed by atoms with Gasteiger partial charge in [0, 0.05) is 26.2 Å². The van der Waals surface area contributed by atoms with E-state index in [4.69, 9.17) is 9.47 Å². The summed E-state index contributed by atoms with van der Waals surface area (Å²) in [4.78, 5) is 8.03. The summed E-state index contributed by atoms with van der Waals surface area (Å²) < 4.78 is 10.7. The van der Waals surface area contributed by atoms with Crippen molar-refractivity contribution in [2.24, 2.45) is 0 Å². The standard InChI is InChI=1S/C9H10N2O2/c1-9(2)12-6-8(13-9)7-5-10-3-4-11-7/h3-6H,1-2H3. The predicted molar refractivity (Wildman–Crippen MR) is 46.3 cm³/mol. The lowest BCUT2D eigenvalue weighted by molar-refractivity contribution is -0.102. The van der Waals surface area contributed by atoms with Gasteiger partial charge in [0.05, 0.1) is 6.20 Å². The Bertz CT molecular complexity index is 333. The van der Waals surface area contributed by atoms with Crippen molar-refractivity contribution in [3.63, 3.8) is 0 Å². The summed E-state index contributed by atoms with van der Waals surface area (Å²) in [6.45, 7) is 3.68. The lowest BCUT2D eigenvalue weighted by atomic mass is 10.4. The van der Waals surface area contributed by atoms with Gasteiger partial charge in [0.15, 0.2) is 5.76 Å². The largest absolute Gasteiger partial charge is 0.457 e. The Balaban J connectivity index is 2.22. The molecule has 0 bridgehead atoms. The summed E-state index contributed by atoms with van der Waals surface area (Å²) in [5.41, 5.74) is 0.688. The Kier molecular flexibility index (Phi) is 1.69. The second-order valence-electron chi connectivity index (χ2n) is 3.19. The second-order valence-corrected chi connectivity index (χ2v) is 3.19. The third-order valence-corrected chi connectivity index (χ3v) is 1.62. The second kappa shape index (κ2) is 2.73. The van der Waals surface area contributed by atoms with Crippen molar-refractivity contribution in [2.75, 3.05) is 0 Å². The van der Waals surface area contributed by atoms with Gasteiger partial charge in [0.1, 0.15) is 12.0 Å². The average Bonchev–Trinajstić information content (AvgIpc) is 2.48. The molecule has 2 heterocycles. The summed E-state index contributed by atoms with van der Waals surface area (Å²) >= 11 is 0. The smallest absolute Gasteiger partial charge is 0.245 e. The minimum absolute atomic E-state index is 0.590. The van der Waals surface area contributed by atoms with Crippen LogP contribution in [0.2, 0.25) is 0 Å². The van der Waals surface area contributed by atoms with Gasteiger partial charge in [0.2, 0.25) is 5.79 Å². The van der Waals surface area contributed by atoms with Gasteiger partial charge in [0.25, 0.3) is 0 Å². The van der Waals surface area contributed by atoms with Gasteiger partial charge >= 0.3 is 0 Å². The van der Waals surface area contributed by atoms with Gasteiger partial charge in [-0.15, -0.1) is 0 Å². The van der Waals surface area contributed by atoms with Crippen LogP contribution in [0.3, 0.4) is 0 Å². The molecule has 0 atom stereocenters. The molecule has 0 radical (unpaired) electrons. The molecule has 0 saturated heterocycles. The van der Waals surface area contributed by atoms with Gasteiger partial charge in [-0.25, -0.2) is 4.98 Å². The number of nitrogens with zero attached hydrogens (tertiary/aromatic N) is 2. The fourth-order valence-electron chi connectivity index (χ4n) is 1.05. The zero-order valence-electron chi connectivity index (χ0n) is 7.52. The van der Waals surface area contributed by atoms with Crippen molar-refractivity contribution >= 4 is 5.76 Å². The molecular formula is C9H10N2O2. The minimum atomic E-state index is -0.590.